The molecule has 3 atom stereocenters. The van der Waals surface area contributed by atoms with Crippen LogP contribution in [0.2, 0.25) is 0 Å². The highest BCUT2D eigenvalue weighted by Gasteiger charge is 2.39. The van der Waals surface area contributed by atoms with Crippen molar-refractivity contribution >= 4 is 12.0 Å². The molecule has 0 spiro atoms. The first kappa shape index (κ1) is 22.1. The van der Waals surface area contributed by atoms with E-state index in [1.807, 2.05) is 57.2 Å². The van der Waals surface area contributed by atoms with E-state index in [4.69, 9.17) is 14.2 Å². The van der Waals surface area contributed by atoms with Crippen LogP contribution in [-0.2, 0) is 14.3 Å². The summed E-state index contributed by atoms with van der Waals surface area (Å²) in [5.41, 5.74) is 2.45. The maximum atomic E-state index is 12.2. The van der Waals surface area contributed by atoms with Gasteiger partial charge in [0.2, 0.25) is 0 Å². The number of nitrogens with zero attached hydrogens (tertiary/aromatic N) is 1. The second-order valence-electron chi connectivity index (χ2n) is 8.59. The smallest absolute Gasteiger partial charge is 0.331 e. The van der Waals surface area contributed by atoms with Gasteiger partial charge in [0.15, 0.2) is 0 Å². The zero-order valence-electron chi connectivity index (χ0n) is 18.6. The maximum Gasteiger partial charge on any atom is 0.331 e. The molecule has 1 fully saturated rings. The monoisotopic (exact) mass is 409 g/mol. The number of hydrogen-bond acceptors (Lipinski definition) is 5. The minimum absolute atomic E-state index is 0.0462. The van der Waals surface area contributed by atoms with E-state index in [0.717, 1.165) is 22.4 Å². The van der Waals surface area contributed by atoms with E-state index < -0.39 is 5.60 Å². The number of rotatable bonds is 5. The molecule has 5 nitrogen and oxygen atoms in total. The number of esters is 1. The van der Waals surface area contributed by atoms with Crippen LogP contribution < -0.4 is 4.74 Å². The first-order valence-electron chi connectivity index (χ1n) is 10.2. The molecule has 2 aromatic rings. The number of carbonyl (C=O) groups excluding carboxylic acids is 1. The van der Waals surface area contributed by atoms with Crippen LogP contribution in [0.4, 0.5) is 0 Å². The van der Waals surface area contributed by atoms with Crippen molar-refractivity contribution in [1.29, 1.82) is 0 Å². The molecule has 3 rings (SSSR count). The van der Waals surface area contributed by atoms with Crippen molar-refractivity contribution < 1.29 is 19.0 Å². The summed E-state index contributed by atoms with van der Waals surface area (Å²) in [6.07, 6.45) is 2.93. The number of hydrogen-bond donors (Lipinski definition) is 0. The molecule has 0 radical (unpaired) electrons. The summed E-state index contributed by atoms with van der Waals surface area (Å²) >= 11 is 0. The van der Waals surface area contributed by atoms with Crippen molar-refractivity contribution in [3.05, 3.63) is 71.3 Å². The van der Waals surface area contributed by atoms with E-state index in [-0.39, 0.29) is 24.3 Å². The third kappa shape index (κ3) is 5.10. The standard InChI is InChI=1S/C25H31NO4/c1-17-23(19-10-8-7-9-11-19)29-24(26(17)5)21-16-20(28-6)14-12-18(21)13-15-22(27)30-25(2,3)4/h7-17,23-24H,1-6H3/b15-13+/t17-,23-,24?/m0/s1. The van der Waals surface area contributed by atoms with Gasteiger partial charge in [0, 0.05) is 17.7 Å². The Bertz CT molecular complexity index is 901. The third-order valence-corrected chi connectivity index (χ3v) is 5.22. The van der Waals surface area contributed by atoms with E-state index in [1.165, 1.54) is 6.08 Å². The topological polar surface area (TPSA) is 48.0 Å². The SMILES string of the molecule is COc1ccc(/C=C/C(=O)OC(C)(C)C)c(C2O[C@H](c3ccccc3)[C@H](C)N2C)c1. The maximum absolute atomic E-state index is 12.2. The van der Waals surface area contributed by atoms with Crippen LogP contribution in [0, 0.1) is 0 Å². The lowest BCUT2D eigenvalue weighted by Gasteiger charge is -2.23. The Balaban J connectivity index is 1.91. The van der Waals surface area contributed by atoms with Crippen LogP contribution >= 0.6 is 0 Å². The van der Waals surface area contributed by atoms with Gasteiger partial charge in [0.1, 0.15) is 23.7 Å². The zero-order valence-corrected chi connectivity index (χ0v) is 18.6. The van der Waals surface area contributed by atoms with Crippen molar-refractivity contribution in [1.82, 2.24) is 4.90 Å². The van der Waals surface area contributed by atoms with Crippen molar-refractivity contribution in [3.63, 3.8) is 0 Å². The molecular formula is C25H31NO4. The number of methoxy groups -OCH3 is 1. The van der Waals surface area contributed by atoms with Crippen LogP contribution in [-0.4, -0.2) is 36.7 Å². The molecule has 1 aliphatic rings. The van der Waals surface area contributed by atoms with Crippen LogP contribution in [0.1, 0.15) is 56.7 Å². The Hall–Kier alpha value is -2.63. The highest BCUT2D eigenvalue weighted by atomic mass is 16.6. The first-order chi connectivity index (χ1) is 14.2. The van der Waals surface area contributed by atoms with Gasteiger partial charge in [-0.05, 0) is 64.1 Å². The molecule has 1 unspecified atom stereocenters. The Labute approximate surface area is 179 Å². The Morgan fingerprint density at radius 2 is 1.83 bits per heavy atom. The predicted octanol–water partition coefficient (Wildman–Crippen LogP) is 5.14. The molecule has 0 aliphatic carbocycles. The number of carbonyl (C=O) groups is 1. The van der Waals surface area contributed by atoms with Crippen molar-refractivity contribution in [2.75, 3.05) is 14.2 Å². The van der Waals surface area contributed by atoms with Gasteiger partial charge in [-0.3, -0.25) is 4.90 Å². The molecule has 5 heteroatoms. The minimum atomic E-state index is -0.530. The number of benzene rings is 2. The van der Waals surface area contributed by atoms with Gasteiger partial charge in [0.25, 0.3) is 0 Å². The summed E-state index contributed by atoms with van der Waals surface area (Å²) < 4.78 is 17.3. The van der Waals surface area contributed by atoms with E-state index in [1.54, 1.807) is 13.2 Å². The fourth-order valence-electron chi connectivity index (χ4n) is 3.61. The molecule has 2 aromatic carbocycles. The van der Waals surface area contributed by atoms with Gasteiger partial charge in [-0.25, -0.2) is 4.79 Å². The minimum Gasteiger partial charge on any atom is -0.497 e. The number of ether oxygens (including phenoxy) is 3. The van der Waals surface area contributed by atoms with E-state index in [0.29, 0.717) is 0 Å². The van der Waals surface area contributed by atoms with Gasteiger partial charge in [-0.1, -0.05) is 36.4 Å². The van der Waals surface area contributed by atoms with E-state index in [9.17, 15) is 4.79 Å². The van der Waals surface area contributed by atoms with Gasteiger partial charge < -0.3 is 14.2 Å². The molecule has 1 heterocycles. The Morgan fingerprint density at radius 3 is 2.47 bits per heavy atom. The molecule has 30 heavy (non-hydrogen) atoms. The predicted molar refractivity (Wildman–Crippen MR) is 118 cm³/mol. The first-order valence-corrected chi connectivity index (χ1v) is 10.2. The highest BCUT2D eigenvalue weighted by molar-refractivity contribution is 5.87. The van der Waals surface area contributed by atoms with Gasteiger partial charge >= 0.3 is 5.97 Å². The number of likely N-dealkylation sites (N-methyl/N-ethyl adjacent to an activating group) is 1. The lowest BCUT2D eigenvalue weighted by Crippen LogP contribution is -2.27. The molecular weight excluding hydrogens is 378 g/mol. The molecule has 0 saturated carbocycles. The molecule has 1 aliphatic heterocycles. The van der Waals surface area contributed by atoms with Crippen LogP contribution in [0.25, 0.3) is 6.08 Å². The normalized spacial score (nSPS) is 22.4. The summed E-state index contributed by atoms with van der Waals surface area (Å²) in [4.78, 5) is 14.4. The Morgan fingerprint density at radius 1 is 1.13 bits per heavy atom. The zero-order chi connectivity index (χ0) is 21.9. The lowest BCUT2D eigenvalue weighted by atomic mass is 10.0. The van der Waals surface area contributed by atoms with Gasteiger partial charge in [0.05, 0.1) is 7.11 Å². The van der Waals surface area contributed by atoms with Crippen LogP contribution in [0.5, 0.6) is 5.75 Å². The van der Waals surface area contributed by atoms with Crippen molar-refractivity contribution in [2.45, 2.75) is 51.7 Å². The van der Waals surface area contributed by atoms with E-state index in [2.05, 4.69) is 31.0 Å². The summed E-state index contributed by atoms with van der Waals surface area (Å²) in [5, 5.41) is 0. The molecule has 0 N–H and O–H groups in total. The fraction of sp³-hybridized carbons (Fsp3) is 0.400. The molecule has 0 bridgehead atoms. The summed E-state index contributed by atoms with van der Waals surface area (Å²) in [7, 11) is 3.70. The van der Waals surface area contributed by atoms with Crippen molar-refractivity contribution in [2.24, 2.45) is 0 Å². The van der Waals surface area contributed by atoms with Gasteiger partial charge in [-0.15, -0.1) is 0 Å². The second-order valence-corrected chi connectivity index (χ2v) is 8.59. The average molecular weight is 410 g/mol. The fourth-order valence-corrected chi connectivity index (χ4v) is 3.61. The molecule has 160 valence electrons. The second kappa shape index (κ2) is 9.02. The molecule has 0 amide bonds. The molecule has 0 aromatic heterocycles. The van der Waals surface area contributed by atoms with Crippen LogP contribution in [0.3, 0.4) is 0 Å². The summed E-state index contributed by atoms with van der Waals surface area (Å²) in [6.45, 7) is 7.71. The summed E-state index contributed by atoms with van der Waals surface area (Å²) in [5.74, 6) is 0.368. The van der Waals surface area contributed by atoms with E-state index >= 15 is 0 Å². The van der Waals surface area contributed by atoms with Gasteiger partial charge in [-0.2, -0.15) is 0 Å². The summed E-state index contributed by atoms with van der Waals surface area (Å²) in [6, 6.07) is 16.2. The third-order valence-electron chi connectivity index (χ3n) is 5.22. The largest absolute Gasteiger partial charge is 0.497 e. The Kier molecular flexibility index (Phi) is 6.64. The average Bonchev–Trinajstić information content (AvgIpc) is 3.00. The highest BCUT2D eigenvalue weighted by Crippen LogP contribution is 2.43. The quantitative estimate of drug-likeness (QED) is 0.505. The van der Waals surface area contributed by atoms with Crippen LogP contribution in [0.15, 0.2) is 54.6 Å². The van der Waals surface area contributed by atoms with Crippen molar-refractivity contribution in [3.8, 4) is 5.75 Å². The lowest BCUT2D eigenvalue weighted by molar-refractivity contribution is -0.148. The molecule has 1 saturated heterocycles.